The van der Waals surface area contributed by atoms with Gasteiger partial charge in [0.15, 0.2) is 5.82 Å². The van der Waals surface area contributed by atoms with Gasteiger partial charge < -0.3 is 10.6 Å². The van der Waals surface area contributed by atoms with Crippen molar-refractivity contribution in [2.45, 2.75) is 0 Å². The summed E-state index contributed by atoms with van der Waals surface area (Å²) in [6.45, 7) is 0. The summed E-state index contributed by atoms with van der Waals surface area (Å²) in [5, 5.41) is 13.4. The molecule has 0 unspecified atom stereocenters. The monoisotopic (exact) mass is 333 g/mol. The smallest absolute Gasteiger partial charge is 0.249 e. The van der Waals surface area contributed by atoms with E-state index in [1.165, 1.54) is 36.5 Å². The van der Waals surface area contributed by atoms with E-state index in [-0.39, 0.29) is 16.8 Å². The number of benzene rings is 2. The van der Waals surface area contributed by atoms with E-state index in [2.05, 4.69) is 25.8 Å². The fourth-order valence-electron chi connectivity index (χ4n) is 1.83. The summed E-state index contributed by atoms with van der Waals surface area (Å²) in [7, 11) is 0. The van der Waals surface area contributed by atoms with Crippen molar-refractivity contribution in [2.24, 2.45) is 0 Å². The molecule has 0 amide bonds. The zero-order valence-corrected chi connectivity index (χ0v) is 12.4. The van der Waals surface area contributed by atoms with Gasteiger partial charge in [-0.15, -0.1) is 5.10 Å². The van der Waals surface area contributed by atoms with Gasteiger partial charge in [-0.05, 0) is 36.4 Å². The molecule has 3 rings (SSSR count). The largest absolute Gasteiger partial charge is 0.339 e. The molecule has 0 aliphatic carbocycles. The average Bonchev–Trinajstić information content (AvgIpc) is 2.51. The molecule has 1 aromatic heterocycles. The second-order valence-electron chi connectivity index (χ2n) is 4.55. The highest BCUT2D eigenvalue weighted by molar-refractivity contribution is 6.31. The topological polar surface area (TPSA) is 62.7 Å². The summed E-state index contributed by atoms with van der Waals surface area (Å²) in [4.78, 5) is 4.19. The van der Waals surface area contributed by atoms with Crippen molar-refractivity contribution < 1.29 is 8.78 Å². The van der Waals surface area contributed by atoms with Crippen molar-refractivity contribution in [3.05, 3.63) is 65.3 Å². The lowest BCUT2D eigenvalue weighted by molar-refractivity contribution is 0.628. The molecule has 0 aliphatic heterocycles. The van der Waals surface area contributed by atoms with Crippen molar-refractivity contribution in [1.82, 2.24) is 15.2 Å². The van der Waals surface area contributed by atoms with Crippen molar-refractivity contribution in [3.63, 3.8) is 0 Å². The van der Waals surface area contributed by atoms with Gasteiger partial charge in [-0.2, -0.15) is 10.1 Å². The highest BCUT2D eigenvalue weighted by atomic mass is 35.5. The van der Waals surface area contributed by atoms with E-state index < -0.39 is 5.82 Å². The van der Waals surface area contributed by atoms with Crippen LogP contribution in [0.15, 0.2) is 48.7 Å². The predicted octanol–water partition coefficient (Wildman–Crippen LogP) is 4.29. The van der Waals surface area contributed by atoms with E-state index in [1.807, 2.05) is 0 Å². The van der Waals surface area contributed by atoms with Crippen LogP contribution in [0.4, 0.5) is 31.9 Å². The number of rotatable bonds is 4. The number of hydrogen-bond donors (Lipinski definition) is 2. The number of nitrogens with zero attached hydrogens (tertiary/aromatic N) is 3. The summed E-state index contributed by atoms with van der Waals surface area (Å²) in [6.07, 6.45) is 1.40. The fraction of sp³-hybridized carbons (Fsp3) is 0. The van der Waals surface area contributed by atoms with Crippen LogP contribution in [0.3, 0.4) is 0 Å². The van der Waals surface area contributed by atoms with E-state index in [0.717, 1.165) is 0 Å². The first kappa shape index (κ1) is 15.1. The van der Waals surface area contributed by atoms with Crippen LogP contribution >= 0.6 is 11.6 Å². The molecule has 2 aromatic carbocycles. The predicted molar refractivity (Wildman–Crippen MR) is 84.2 cm³/mol. The maximum Gasteiger partial charge on any atom is 0.249 e. The maximum atomic E-state index is 13.2. The summed E-state index contributed by atoms with van der Waals surface area (Å²) in [5.74, 6) is -0.315. The lowest BCUT2D eigenvalue weighted by Crippen LogP contribution is -2.02. The summed E-state index contributed by atoms with van der Waals surface area (Å²) >= 11 is 5.71. The van der Waals surface area contributed by atoms with Crippen LogP contribution in [0.2, 0.25) is 5.02 Å². The molecule has 5 nitrogen and oxygen atoms in total. The molecule has 8 heteroatoms. The Hall–Kier alpha value is -2.80. The first-order chi connectivity index (χ1) is 11.1. The SMILES string of the molecule is Fc1cccc(Nc2cnnc(Nc3ccc(F)c(Cl)c3)n2)c1. The summed E-state index contributed by atoms with van der Waals surface area (Å²) in [6, 6.07) is 10.1. The molecule has 0 fully saturated rings. The molecule has 0 atom stereocenters. The van der Waals surface area contributed by atoms with Gasteiger partial charge in [-0.1, -0.05) is 17.7 Å². The van der Waals surface area contributed by atoms with E-state index in [9.17, 15) is 8.78 Å². The normalized spacial score (nSPS) is 10.4. The Labute approximate surface area is 135 Å². The molecule has 0 spiro atoms. The zero-order valence-electron chi connectivity index (χ0n) is 11.6. The van der Waals surface area contributed by atoms with Gasteiger partial charge in [0.05, 0.1) is 11.2 Å². The molecular formula is C15H10ClF2N5. The Morgan fingerprint density at radius 3 is 2.57 bits per heavy atom. The number of nitrogens with one attached hydrogen (secondary N) is 2. The second-order valence-corrected chi connectivity index (χ2v) is 4.96. The van der Waals surface area contributed by atoms with Crippen molar-refractivity contribution >= 4 is 34.7 Å². The molecule has 23 heavy (non-hydrogen) atoms. The number of anilines is 4. The van der Waals surface area contributed by atoms with Crippen LogP contribution in [0, 0.1) is 11.6 Å². The Balaban J connectivity index is 1.78. The minimum Gasteiger partial charge on any atom is -0.339 e. The quantitative estimate of drug-likeness (QED) is 0.745. The molecular weight excluding hydrogens is 324 g/mol. The molecule has 2 N–H and O–H groups in total. The van der Waals surface area contributed by atoms with Crippen molar-refractivity contribution in [1.29, 1.82) is 0 Å². The number of aromatic nitrogens is 3. The average molecular weight is 334 g/mol. The first-order valence-corrected chi connectivity index (χ1v) is 6.92. The Bertz CT molecular complexity index is 844. The molecule has 1 heterocycles. The van der Waals surface area contributed by atoms with Crippen LogP contribution < -0.4 is 10.6 Å². The highest BCUT2D eigenvalue weighted by Crippen LogP contribution is 2.22. The van der Waals surface area contributed by atoms with E-state index in [4.69, 9.17) is 11.6 Å². The van der Waals surface area contributed by atoms with Gasteiger partial charge in [0.25, 0.3) is 0 Å². The van der Waals surface area contributed by atoms with Gasteiger partial charge in [-0.3, -0.25) is 0 Å². The van der Waals surface area contributed by atoms with Crippen LogP contribution in [-0.4, -0.2) is 15.2 Å². The van der Waals surface area contributed by atoms with Crippen LogP contribution in [-0.2, 0) is 0 Å². The van der Waals surface area contributed by atoms with Gasteiger partial charge in [0.2, 0.25) is 5.95 Å². The van der Waals surface area contributed by atoms with Crippen LogP contribution in [0.1, 0.15) is 0 Å². The van der Waals surface area contributed by atoms with Crippen molar-refractivity contribution in [2.75, 3.05) is 10.6 Å². The third-order valence-corrected chi connectivity index (χ3v) is 3.12. The molecule has 3 aromatic rings. The minimum atomic E-state index is -0.516. The third kappa shape index (κ3) is 3.89. The molecule has 0 saturated carbocycles. The van der Waals surface area contributed by atoms with Gasteiger partial charge in [-0.25, -0.2) is 8.78 Å². The van der Waals surface area contributed by atoms with E-state index >= 15 is 0 Å². The van der Waals surface area contributed by atoms with Gasteiger partial charge in [0.1, 0.15) is 11.6 Å². The summed E-state index contributed by atoms with van der Waals surface area (Å²) < 4.78 is 26.3. The zero-order chi connectivity index (χ0) is 16.2. The molecule has 116 valence electrons. The lowest BCUT2D eigenvalue weighted by atomic mass is 10.3. The summed E-state index contributed by atoms with van der Waals surface area (Å²) in [5.41, 5.74) is 1.04. The maximum absolute atomic E-state index is 13.2. The molecule has 0 aliphatic rings. The highest BCUT2D eigenvalue weighted by Gasteiger charge is 2.05. The lowest BCUT2D eigenvalue weighted by Gasteiger charge is -2.08. The van der Waals surface area contributed by atoms with Crippen LogP contribution in [0.5, 0.6) is 0 Å². The number of hydrogen-bond acceptors (Lipinski definition) is 5. The standard InChI is InChI=1S/C15H10ClF2N5/c16-12-7-11(4-5-13(12)18)21-15-22-14(8-19-23-15)20-10-3-1-2-9(17)6-10/h1-8H,(H2,20,21,22,23). The first-order valence-electron chi connectivity index (χ1n) is 6.54. The Kier molecular flexibility index (Phi) is 4.29. The van der Waals surface area contributed by atoms with E-state index in [1.54, 1.807) is 12.1 Å². The molecule has 0 bridgehead atoms. The van der Waals surface area contributed by atoms with Gasteiger partial charge >= 0.3 is 0 Å². The fourth-order valence-corrected chi connectivity index (χ4v) is 2.01. The molecule has 0 saturated heterocycles. The molecule has 0 radical (unpaired) electrons. The van der Waals surface area contributed by atoms with E-state index in [0.29, 0.717) is 17.2 Å². The number of halogens is 3. The Morgan fingerprint density at radius 2 is 1.78 bits per heavy atom. The third-order valence-electron chi connectivity index (χ3n) is 2.83. The minimum absolute atomic E-state index is 0.0167. The van der Waals surface area contributed by atoms with Gasteiger partial charge in [0, 0.05) is 11.4 Å². The van der Waals surface area contributed by atoms with Crippen molar-refractivity contribution in [3.8, 4) is 0 Å². The Morgan fingerprint density at radius 1 is 0.957 bits per heavy atom. The van der Waals surface area contributed by atoms with Crippen LogP contribution in [0.25, 0.3) is 0 Å². The second kappa shape index (κ2) is 6.53.